The van der Waals surface area contributed by atoms with E-state index in [2.05, 4.69) is 29.6 Å². The first-order chi connectivity index (χ1) is 13.7. The minimum atomic E-state index is -0.716. The van der Waals surface area contributed by atoms with Crippen LogP contribution in [0.4, 0.5) is 0 Å². The molecule has 5 heteroatoms. The van der Waals surface area contributed by atoms with Crippen molar-refractivity contribution in [2.75, 3.05) is 5.75 Å². The molecule has 1 unspecified atom stereocenters. The van der Waals surface area contributed by atoms with Crippen LogP contribution in [0.3, 0.4) is 0 Å². The Hall–Kier alpha value is -3.30. The Morgan fingerprint density at radius 2 is 1.79 bits per heavy atom. The predicted molar refractivity (Wildman–Crippen MR) is 110 cm³/mol. The third-order valence-electron chi connectivity index (χ3n) is 3.52. The molecular formula is C23H19NO3S. The van der Waals surface area contributed by atoms with E-state index in [0.717, 1.165) is 16.0 Å². The number of nitrogens with two attached hydrogens (primary N) is 1. The SMILES string of the molecule is NC(Cc1cccc(SCC#CC#CC#CO)c1)C(=O)OCc1ccccc1. The molecule has 0 fully saturated rings. The van der Waals surface area contributed by atoms with Crippen molar-refractivity contribution in [3.63, 3.8) is 0 Å². The molecule has 28 heavy (non-hydrogen) atoms. The zero-order valence-corrected chi connectivity index (χ0v) is 16.0. The van der Waals surface area contributed by atoms with Crippen LogP contribution in [-0.4, -0.2) is 22.9 Å². The third kappa shape index (κ3) is 7.94. The molecular weight excluding hydrogens is 370 g/mol. The van der Waals surface area contributed by atoms with Crippen LogP contribution in [0.2, 0.25) is 0 Å². The molecule has 2 aromatic carbocycles. The molecule has 0 amide bonds. The van der Waals surface area contributed by atoms with E-state index in [-0.39, 0.29) is 6.61 Å². The van der Waals surface area contributed by atoms with E-state index in [1.54, 1.807) is 17.9 Å². The van der Waals surface area contributed by atoms with Crippen LogP contribution in [0, 0.1) is 35.7 Å². The number of benzene rings is 2. The second-order valence-corrected chi connectivity index (χ2v) is 6.68. The molecule has 0 saturated heterocycles. The van der Waals surface area contributed by atoms with Gasteiger partial charge in [0.25, 0.3) is 0 Å². The molecule has 0 aliphatic heterocycles. The molecule has 140 valence electrons. The molecule has 0 radical (unpaired) electrons. The summed E-state index contributed by atoms with van der Waals surface area (Å²) >= 11 is 1.56. The lowest BCUT2D eigenvalue weighted by molar-refractivity contribution is -0.146. The van der Waals surface area contributed by atoms with Crippen molar-refractivity contribution in [1.29, 1.82) is 0 Å². The van der Waals surface area contributed by atoms with Gasteiger partial charge in [-0.15, -0.1) is 11.8 Å². The predicted octanol–water partition coefficient (Wildman–Crippen LogP) is 2.73. The number of hydrogen-bond donors (Lipinski definition) is 2. The molecule has 0 aliphatic rings. The van der Waals surface area contributed by atoms with Crippen molar-refractivity contribution < 1.29 is 14.6 Å². The van der Waals surface area contributed by atoms with Crippen molar-refractivity contribution in [3.05, 3.63) is 65.7 Å². The molecule has 2 aromatic rings. The number of esters is 1. The maximum Gasteiger partial charge on any atom is 0.323 e. The number of carbonyl (C=O) groups is 1. The summed E-state index contributed by atoms with van der Waals surface area (Å²) < 4.78 is 5.29. The van der Waals surface area contributed by atoms with Crippen LogP contribution in [0.15, 0.2) is 59.5 Å². The highest BCUT2D eigenvalue weighted by atomic mass is 32.2. The van der Waals surface area contributed by atoms with Crippen molar-refractivity contribution in [2.24, 2.45) is 5.73 Å². The van der Waals surface area contributed by atoms with Crippen LogP contribution >= 0.6 is 11.8 Å². The highest BCUT2D eigenvalue weighted by Crippen LogP contribution is 2.19. The van der Waals surface area contributed by atoms with Gasteiger partial charge in [0.15, 0.2) is 0 Å². The number of ether oxygens (including phenoxy) is 1. The van der Waals surface area contributed by atoms with Gasteiger partial charge >= 0.3 is 5.97 Å². The highest BCUT2D eigenvalue weighted by molar-refractivity contribution is 7.99. The van der Waals surface area contributed by atoms with Gasteiger partial charge in [-0.1, -0.05) is 48.4 Å². The third-order valence-corrected chi connectivity index (χ3v) is 4.40. The topological polar surface area (TPSA) is 72.5 Å². The molecule has 0 heterocycles. The van der Waals surface area contributed by atoms with Crippen molar-refractivity contribution in [3.8, 4) is 35.7 Å². The first kappa shape index (κ1) is 21.0. The smallest absolute Gasteiger partial charge is 0.323 e. The van der Waals surface area contributed by atoms with Gasteiger partial charge in [0, 0.05) is 16.7 Å². The molecule has 4 nitrogen and oxygen atoms in total. The molecule has 0 bridgehead atoms. The Morgan fingerprint density at radius 1 is 1.04 bits per heavy atom. The summed E-state index contributed by atoms with van der Waals surface area (Å²) in [5.74, 6) is 12.8. The minimum absolute atomic E-state index is 0.217. The van der Waals surface area contributed by atoms with Crippen molar-refractivity contribution in [1.82, 2.24) is 0 Å². The Balaban J connectivity index is 1.83. The fourth-order valence-electron chi connectivity index (χ4n) is 2.23. The first-order valence-corrected chi connectivity index (χ1v) is 9.47. The number of hydrogen-bond acceptors (Lipinski definition) is 5. The zero-order chi connectivity index (χ0) is 20.0. The standard InChI is InChI=1S/C23H19NO3S/c24-22(23(26)27-18-19-10-5-4-6-11-19)17-20-12-9-13-21(16-20)28-15-8-3-1-2-7-14-25/h4-6,9-13,16,22,25H,15,17-18,24H2. The fraction of sp³-hybridized carbons (Fsp3) is 0.174. The van der Waals surface area contributed by atoms with E-state index >= 15 is 0 Å². The van der Waals surface area contributed by atoms with E-state index < -0.39 is 12.0 Å². The summed E-state index contributed by atoms with van der Waals surface area (Å²) in [5.41, 5.74) is 7.88. The van der Waals surface area contributed by atoms with Gasteiger partial charge < -0.3 is 15.6 Å². The van der Waals surface area contributed by atoms with Crippen molar-refractivity contribution in [2.45, 2.75) is 24.0 Å². The number of thioether (sulfide) groups is 1. The summed E-state index contributed by atoms with van der Waals surface area (Å²) in [6.45, 7) is 0.217. The molecule has 0 saturated carbocycles. The molecule has 0 aliphatic carbocycles. The molecule has 3 N–H and O–H groups in total. The maximum atomic E-state index is 12.1. The Morgan fingerprint density at radius 3 is 2.57 bits per heavy atom. The summed E-state index contributed by atoms with van der Waals surface area (Å²) in [4.78, 5) is 13.1. The second kappa shape index (κ2) is 12.2. The maximum absolute atomic E-state index is 12.1. The zero-order valence-electron chi connectivity index (χ0n) is 15.1. The van der Waals surface area contributed by atoms with E-state index in [1.807, 2.05) is 54.6 Å². The minimum Gasteiger partial charge on any atom is -0.461 e. The number of aliphatic hydroxyl groups excluding tert-OH is 1. The van der Waals surface area contributed by atoms with E-state index in [4.69, 9.17) is 15.6 Å². The number of carbonyl (C=O) groups excluding carboxylic acids is 1. The highest BCUT2D eigenvalue weighted by Gasteiger charge is 2.16. The molecule has 2 rings (SSSR count). The van der Waals surface area contributed by atoms with Gasteiger partial charge in [-0.05, 0) is 41.5 Å². The number of aliphatic hydroxyl groups is 1. The Bertz CT molecular complexity index is 969. The largest absolute Gasteiger partial charge is 0.461 e. The Kier molecular flexibility index (Phi) is 9.12. The van der Waals surface area contributed by atoms with Gasteiger partial charge in [-0.2, -0.15) is 0 Å². The molecule has 0 aromatic heterocycles. The fourth-order valence-corrected chi connectivity index (χ4v) is 2.95. The van der Waals surface area contributed by atoms with Gasteiger partial charge in [0.1, 0.15) is 18.8 Å². The van der Waals surface area contributed by atoms with Gasteiger partial charge in [-0.3, -0.25) is 4.79 Å². The van der Waals surface area contributed by atoms with E-state index in [0.29, 0.717) is 12.2 Å². The quantitative estimate of drug-likeness (QED) is 0.433. The average molecular weight is 389 g/mol. The monoisotopic (exact) mass is 389 g/mol. The van der Waals surface area contributed by atoms with Gasteiger partial charge in [0.05, 0.1) is 5.75 Å². The summed E-state index contributed by atoms with van der Waals surface area (Å²) in [6.07, 6.45) is 2.09. The molecule has 0 spiro atoms. The Labute approximate surface area is 169 Å². The van der Waals surface area contributed by atoms with Crippen LogP contribution < -0.4 is 5.73 Å². The lowest BCUT2D eigenvalue weighted by Crippen LogP contribution is -2.34. The van der Waals surface area contributed by atoms with Crippen LogP contribution in [0.25, 0.3) is 0 Å². The van der Waals surface area contributed by atoms with Gasteiger partial charge in [-0.25, -0.2) is 0 Å². The van der Waals surface area contributed by atoms with Crippen LogP contribution in [0.1, 0.15) is 11.1 Å². The van der Waals surface area contributed by atoms with Gasteiger partial charge in [0.2, 0.25) is 0 Å². The van der Waals surface area contributed by atoms with Crippen LogP contribution in [0.5, 0.6) is 0 Å². The first-order valence-electron chi connectivity index (χ1n) is 8.49. The van der Waals surface area contributed by atoms with Crippen molar-refractivity contribution >= 4 is 17.7 Å². The van der Waals surface area contributed by atoms with E-state index in [9.17, 15) is 4.79 Å². The lowest BCUT2D eigenvalue weighted by atomic mass is 10.1. The van der Waals surface area contributed by atoms with Crippen LogP contribution in [-0.2, 0) is 22.6 Å². The lowest BCUT2D eigenvalue weighted by Gasteiger charge is -2.12. The summed E-state index contributed by atoms with van der Waals surface area (Å²) in [7, 11) is 0. The number of rotatable bonds is 7. The van der Waals surface area contributed by atoms with E-state index in [1.165, 1.54) is 0 Å². The summed E-state index contributed by atoms with van der Waals surface area (Å²) in [5, 5.41) is 8.27. The average Bonchev–Trinajstić information content (AvgIpc) is 2.72. The second-order valence-electron chi connectivity index (χ2n) is 5.63. The molecule has 1 atom stereocenters. The summed E-state index contributed by atoms with van der Waals surface area (Å²) in [6, 6.07) is 16.6. The normalized spacial score (nSPS) is 10.2.